The molecule has 31 heavy (non-hydrogen) atoms. The molecule has 0 amide bonds. The third-order valence-corrected chi connectivity index (χ3v) is 6.74. The summed E-state index contributed by atoms with van der Waals surface area (Å²) in [4.78, 5) is 10.6. The number of hydrogen-bond donors (Lipinski definition) is 3. The van der Waals surface area contributed by atoms with E-state index in [1.54, 1.807) is 0 Å². The number of alkyl halides is 1. The molecule has 2 rings (SSSR count). The Bertz CT molecular complexity index is 522. The summed E-state index contributed by atoms with van der Waals surface area (Å²) in [6.45, 7) is 0.722. The Morgan fingerprint density at radius 3 is 2.68 bits per heavy atom. The van der Waals surface area contributed by atoms with Gasteiger partial charge >= 0.3 is 5.97 Å². The van der Waals surface area contributed by atoms with Crippen molar-refractivity contribution >= 4 is 17.6 Å². The number of carboxylic acids is 1. The first kappa shape index (κ1) is 26.6. The highest BCUT2D eigenvalue weighted by Gasteiger charge is 2.42. The molecule has 180 valence electrons. The second-order valence-electron chi connectivity index (χ2n) is 9.00. The molecule has 3 N–H and O–H groups in total. The van der Waals surface area contributed by atoms with E-state index >= 15 is 0 Å². The first-order chi connectivity index (χ1) is 15.0. The minimum atomic E-state index is -0.744. The normalized spacial score (nSPS) is 30.1. The lowest BCUT2D eigenvalue weighted by Crippen LogP contribution is -2.30. The van der Waals surface area contributed by atoms with E-state index in [-0.39, 0.29) is 30.7 Å². The van der Waals surface area contributed by atoms with Gasteiger partial charge < -0.3 is 24.8 Å². The van der Waals surface area contributed by atoms with E-state index in [0.29, 0.717) is 25.1 Å². The van der Waals surface area contributed by atoms with Crippen LogP contribution >= 0.6 is 11.6 Å². The number of halogens is 1. The summed E-state index contributed by atoms with van der Waals surface area (Å²) in [6, 6.07) is 0. The largest absolute Gasteiger partial charge is 0.481 e. The molecule has 6 atom stereocenters. The second kappa shape index (κ2) is 15.2. The van der Waals surface area contributed by atoms with E-state index in [1.165, 1.54) is 0 Å². The van der Waals surface area contributed by atoms with Gasteiger partial charge in [-0.25, -0.2) is 0 Å². The Morgan fingerprint density at radius 2 is 1.97 bits per heavy atom. The fourth-order valence-corrected chi connectivity index (χ4v) is 4.91. The van der Waals surface area contributed by atoms with Gasteiger partial charge in [0.25, 0.3) is 0 Å². The van der Waals surface area contributed by atoms with E-state index in [0.717, 1.165) is 64.4 Å². The van der Waals surface area contributed by atoms with E-state index in [4.69, 9.17) is 26.2 Å². The number of carbonyl (C=O) groups is 1. The lowest BCUT2D eigenvalue weighted by molar-refractivity contribution is -0.193. The number of aliphatic carboxylic acids is 1. The summed E-state index contributed by atoms with van der Waals surface area (Å²) in [5, 5.41) is 29.8. The van der Waals surface area contributed by atoms with Gasteiger partial charge in [-0.3, -0.25) is 4.79 Å². The minimum absolute atomic E-state index is 0.0437. The van der Waals surface area contributed by atoms with Gasteiger partial charge in [-0.1, -0.05) is 31.4 Å². The summed E-state index contributed by atoms with van der Waals surface area (Å²) >= 11 is 5.72. The molecule has 0 spiro atoms. The number of hydrogen-bond acceptors (Lipinski definition) is 5. The molecule has 0 radical (unpaired) electrons. The van der Waals surface area contributed by atoms with E-state index < -0.39 is 18.2 Å². The summed E-state index contributed by atoms with van der Waals surface area (Å²) in [5.74, 6) is -0.00981. The summed E-state index contributed by atoms with van der Waals surface area (Å²) in [5.41, 5.74) is 0. The van der Waals surface area contributed by atoms with Crippen LogP contribution in [0.15, 0.2) is 12.2 Å². The van der Waals surface area contributed by atoms with Gasteiger partial charge in [0.05, 0.1) is 18.3 Å². The molecule has 1 saturated heterocycles. The third kappa shape index (κ3) is 10.2. The molecule has 2 fully saturated rings. The summed E-state index contributed by atoms with van der Waals surface area (Å²) < 4.78 is 12.0. The van der Waals surface area contributed by atoms with Gasteiger partial charge in [-0.05, 0) is 57.3 Å². The Hall–Kier alpha value is -0.660. The van der Waals surface area contributed by atoms with Crippen LogP contribution in [0.25, 0.3) is 0 Å². The first-order valence-electron chi connectivity index (χ1n) is 12.1. The third-order valence-electron chi connectivity index (χ3n) is 6.47. The molecule has 6 nitrogen and oxygen atoms in total. The molecule has 1 saturated carbocycles. The van der Waals surface area contributed by atoms with Crippen LogP contribution in [0.2, 0.25) is 0 Å². The monoisotopic (exact) mass is 460 g/mol. The molecule has 2 aliphatic rings. The number of aliphatic hydroxyl groups excluding tert-OH is 2. The molecule has 0 aromatic rings. The number of unbranched alkanes of at least 4 members (excludes halogenated alkanes) is 4. The molecule has 1 heterocycles. The molecule has 1 aliphatic heterocycles. The zero-order chi connectivity index (χ0) is 22.5. The zero-order valence-electron chi connectivity index (χ0n) is 18.7. The summed E-state index contributed by atoms with van der Waals surface area (Å²) in [6.07, 6.45) is 13.3. The molecule has 0 aromatic carbocycles. The van der Waals surface area contributed by atoms with Crippen LogP contribution in [0.5, 0.6) is 0 Å². The predicted molar refractivity (Wildman–Crippen MR) is 121 cm³/mol. The molecule has 7 heteroatoms. The van der Waals surface area contributed by atoms with Crippen LogP contribution < -0.4 is 0 Å². The SMILES string of the molecule is O=C(O)CCCCCC[C@@H]1[C@@H](C=CC(O)CCCCCl)[C@H](OC2CCCCO2)C[C@@H]1O. The Balaban J connectivity index is 1.91. The van der Waals surface area contributed by atoms with Crippen LogP contribution in [0.4, 0.5) is 0 Å². The number of aliphatic hydroxyl groups is 2. The molecule has 0 aromatic heterocycles. The van der Waals surface area contributed by atoms with Gasteiger partial charge in [0.1, 0.15) is 0 Å². The highest BCUT2D eigenvalue weighted by Crippen LogP contribution is 2.40. The second-order valence-corrected chi connectivity index (χ2v) is 9.38. The minimum Gasteiger partial charge on any atom is -0.481 e. The topological polar surface area (TPSA) is 96.2 Å². The Labute approximate surface area is 192 Å². The van der Waals surface area contributed by atoms with Gasteiger partial charge in [0.2, 0.25) is 0 Å². The number of rotatable bonds is 15. The summed E-state index contributed by atoms with van der Waals surface area (Å²) in [7, 11) is 0. The van der Waals surface area contributed by atoms with Crippen molar-refractivity contribution in [2.24, 2.45) is 11.8 Å². The van der Waals surface area contributed by atoms with Crippen LogP contribution in [0.3, 0.4) is 0 Å². The van der Waals surface area contributed by atoms with Gasteiger partial charge in [-0.2, -0.15) is 0 Å². The fraction of sp³-hybridized carbons (Fsp3) is 0.875. The van der Waals surface area contributed by atoms with Crippen LogP contribution in [-0.4, -0.2) is 58.4 Å². The molecule has 1 aliphatic carbocycles. The Morgan fingerprint density at radius 1 is 1.16 bits per heavy atom. The quantitative estimate of drug-likeness (QED) is 0.187. The van der Waals surface area contributed by atoms with Crippen molar-refractivity contribution < 1.29 is 29.6 Å². The van der Waals surface area contributed by atoms with Crippen molar-refractivity contribution in [2.45, 2.75) is 108 Å². The van der Waals surface area contributed by atoms with Crippen molar-refractivity contribution in [2.75, 3.05) is 12.5 Å². The maximum atomic E-state index is 10.8. The van der Waals surface area contributed by atoms with Gasteiger partial charge in [0.15, 0.2) is 6.29 Å². The maximum Gasteiger partial charge on any atom is 0.303 e. The smallest absolute Gasteiger partial charge is 0.303 e. The lowest BCUT2D eigenvalue weighted by Gasteiger charge is -2.29. The van der Waals surface area contributed by atoms with Crippen LogP contribution in [-0.2, 0) is 14.3 Å². The van der Waals surface area contributed by atoms with Crippen molar-refractivity contribution in [3.05, 3.63) is 12.2 Å². The molecular weight excluding hydrogens is 420 g/mol. The van der Waals surface area contributed by atoms with Gasteiger partial charge in [-0.15, -0.1) is 11.6 Å². The lowest BCUT2D eigenvalue weighted by atomic mass is 9.87. The van der Waals surface area contributed by atoms with Crippen molar-refractivity contribution in [1.82, 2.24) is 0 Å². The van der Waals surface area contributed by atoms with E-state index in [2.05, 4.69) is 0 Å². The number of ether oxygens (including phenoxy) is 2. The fourth-order valence-electron chi connectivity index (χ4n) is 4.72. The van der Waals surface area contributed by atoms with Crippen molar-refractivity contribution in [1.29, 1.82) is 0 Å². The highest BCUT2D eigenvalue weighted by molar-refractivity contribution is 6.17. The average molecular weight is 461 g/mol. The van der Waals surface area contributed by atoms with E-state index in [1.807, 2.05) is 12.2 Å². The average Bonchev–Trinajstić information content (AvgIpc) is 3.03. The van der Waals surface area contributed by atoms with Crippen LogP contribution in [0, 0.1) is 11.8 Å². The zero-order valence-corrected chi connectivity index (χ0v) is 19.4. The molecular formula is C24H41ClO6. The maximum absolute atomic E-state index is 10.8. The molecule has 2 unspecified atom stereocenters. The highest BCUT2D eigenvalue weighted by atomic mass is 35.5. The Kier molecular flexibility index (Phi) is 13.1. The predicted octanol–water partition coefficient (Wildman–Crippen LogP) is 4.65. The van der Waals surface area contributed by atoms with Gasteiger partial charge in [0, 0.05) is 31.2 Å². The molecule has 0 bridgehead atoms. The van der Waals surface area contributed by atoms with E-state index in [9.17, 15) is 15.0 Å². The van der Waals surface area contributed by atoms with Crippen molar-refractivity contribution in [3.8, 4) is 0 Å². The number of carboxylic acid groups (broad SMARTS) is 1. The first-order valence-corrected chi connectivity index (χ1v) is 12.6. The standard InChI is InChI=1S/C24H41ClO6/c25-15-7-5-9-18(26)13-14-20-19(10-3-1-2-4-11-23(28)29)21(27)17-22(20)31-24-12-6-8-16-30-24/h13-14,18-22,24,26-27H,1-12,15-17H2,(H,28,29)/t18?,19-,20-,21+,22-,24?/m1/s1. The van der Waals surface area contributed by atoms with Crippen molar-refractivity contribution in [3.63, 3.8) is 0 Å². The van der Waals surface area contributed by atoms with Crippen LogP contribution in [0.1, 0.15) is 83.5 Å².